The van der Waals surface area contributed by atoms with Crippen molar-refractivity contribution < 1.29 is 76.5 Å². The number of hydrogen-bond donors (Lipinski definition) is 2. The van der Waals surface area contributed by atoms with Crippen LogP contribution in [0.2, 0.25) is 0 Å². The highest BCUT2D eigenvalue weighted by atomic mass is 19.4. The summed E-state index contributed by atoms with van der Waals surface area (Å²) in [6.07, 6.45) is -12.3. The Balaban J connectivity index is 2.94. The van der Waals surface area contributed by atoms with Gasteiger partial charge in [0.15, 0.2) is 0 Å². The fourth-order valence-corrected chi connectivity index (χ4v) is 2.49. The van der Waals surface area contributed by atoms with Crippen LogP contribution in [0.1, 0.15) is 24.5 Å². The third-order valence-electron chi connectivity index (χ3n) is 4.82. The lowest BCUT2D eigenvalue weighted by molar-refractivity contribution is -0.440. The number of carbonyl (C=O) groups is 2. The van der Waals surface area contributed by atoms with Crippen molar-refractivity contribution in [2.24, 2.45) is 0 Å². The number of carboxylic acids is 1. The molecule has 1 rings (SSSR count). The predicted octanol–water partition coefficient (Wildman–Crippen LogP) is 6.06. The Morgan fingerprint density at radius 3 is 1.65 bits per heavy atom. The number of aliphatic carboxylic acids is 1. The Bertz CT molecular complexity index is 962. The van der Waals surface area contributed by atoms with Crippen LogP contribution < -0.4 is 5.32 Å². The first-order chi connectivity index (χ1) is 16.4. The van der Waals surface area contributed by atoms with Crippen LogP contribution in [0.15, 0.2) is 24.3 Å². The molecule has 0 aliphatic heterocycles. The number of benzene rings is 1. The van der Waals surface area contributed by atoms with E-state index in [1.54, 1.807) is 0 Å². The van der Waals surface area contributed by atoms with Gasteiger partial charge in [-0.2, -0.15) is 57.1 Å². The second-order valence-corrected chi connectivity index (χ2v) is 7.60. The smallest absolute Gasteiger partial charge is 0.460 e. The molecule has 212 valence electrons. The van der Waals surface area contributed by atoms with Crippen molar-refractivity contribution in [1.29, 1.82) is 0 Å². The summed E-state index contributed by atoms with van der Waals surface area (Å²) in [6.45, 7) is 0.595. The number of carboxylic acid groups (broad SMARTS) is 1. The molecule has 0 aromatic heterocycles. The van der Waals surface area contributed by atoms with E-state index in [9.17, 15) is 66.7 Å². The van der Waals surface area contributed by atoms with Crippen LogP contribution >= 0.6 is 0 Å². The lowest BCUT2D eigenvalue weighted by Crippen LogP contribution is -2.70. The maximum atomic E-state index is 13.9. The van der Waals surface area contributed by atoms with Gasteiger partial charge in [-0.15, -0.1) is 0 Å². The minimum absolute atomic E-state index is 0.125. The van der Waals surface area contributed by atoms with Gasteiger partial charge in [-0.1, -0.05) is 24.3 Å². The van der Waals surface area contributed by atoms with Gasteiger partial charge in [0.25, 0.3) is 0 Å². The second kappa shape index (κ2) is 10.4. The first-order valence-electron chi connectivity index (χ1n) is 9.62. The van der Waals surface area contributed by atoms with E-state index in [1.165, 1.54) is 0 Å². The lowest BCUT2D eigenvalue weighted by atomic mass is 9.91. The molecule has 0 heterocycles. The molecule has 1 atom stereocenters. The van der Waals surface area contributed by atoms with E-state index in [4.69, 9.17) is 5.11 Å². The largest absolute Gasteiger partial charge is 0.480 e. The van der Waals surface area contributed by atoms with Gasteiger partial charge in [-0.25, -0.2) is 4.79 Å². The van der Waals surface area contributed by atoms with Crippen molar-refractivity contribution in [2.45, 2.75) is 68.2 Å². The fraction of sp³-hybridized carbons (Fsp3) is 0.579. The van der Waals surface area contributed by atoms with Gasteiger partial charge in [-0.3, -0.25) is 4.79 Å². The quantitative estimate of drug-likeness (QED) is 0.318. The van der Waals surface area contributed by atoms with Gasteiger partial charge in [0, 0.05) is 6.42 Å². The van der Waals surface area contributed by atoms with Crippen molar-refractivity contribution in [1.82, 2.24) is 5.32 Å². The molecule has 18 heteroatoms. The van der Waals surface area contributed by atoms with Crippen molar-refractivity contribution in [2.75, 3.05) is 0 Å². The standard InChI is InChI=1S/C19H16F13NO4/c1-9(12(34)35)33-13(36)37-8-11-4-2-10(3-5-11)6-7-14(20,21)15(22,23)16(24,25)17(26,27)18(28,29)19(30,31)32/h2-5,9H,6-8H2,1H3,(H,33,36)(H,34,35)/t9-/m1/s1. The number of amides is 1. The summed E-state index contributed by atoms with van der Waals surface area (Å²) in [6, 6.07) is 2.60. The van der Waals surface area contributed by atoms with Gasteiger partial charge in [0.05, 0.1) is 0 Å². The molecule has 5 nitrogen and oxygen atoms in total. The Morgan fingerprint density at radius 1 is 0.784 bits per heavy atom. The topological polar surface area (TPSA) is 75.6 Å². The second-order valence-electron chi connectivity index (χ2n) is 7.60. The number of alkyl halides is 13. The van der Waals surface area contributed by atoms with E-state index in [2.05, 4.69) is 4.74 Å². The highest BCUT2D eigenvalue weighted by molar-refractivity contribution is 5.79. The number of alkyl carbamates (subject to hydrolysis) is 1. The minimum atomic E-state index is -7.94. The van der Waals surface area contributed by atoms with Crippen LogP contribution in [0.4, 0.5) is 61.9 Å². The maximum Gasteiger partial charge on any atom is 0.460 e. The van der Waals surface area contributed by atoms with Crippen LogP contribution in [-0.2, 0) is 22.6 Å². The number of hydrogen-bond acceptors (Lipinski definition) is 3. The molecule has 0 unspecified atom stereocenters. The number of aryl methyl sites for hydroxylation is 1. The van der Waals surface area contributed by atoms with Crippen LogP contribution in [0.5, 0.6) is 0 Å². The Hall–Kier alpha value is -2.95. The normalized spacial score (nSPS) is 14.8. The Morgan fingerprint density at radius 2 is 1.22 bits per heavy atom. The lowest BCUT2D eigenvalue weighted by Gasteiger charge is -2.39. The molecule has 0 fully saturated rings. The number of halogens is 13. The maximum absolute atomic E-state index is 13.9. The summed E-state index contributed by atoms with van der Waals surface area (Å²) in [5, 5.41) is 10.5. The SMILES string of the molecule is C[C@@H](NC(=O)OCc1ccc(CCC(F)(F)C(F)(F)C(F)(F)C(F)(F)C(F)(F)C(F)(F)F)cc1)C(=O)O. The average Bonchev–Trinajstić information content (AvgIpc) is 2.75. The van der Waals surface area contributed by atoms with Crippen LogP contribution in [0.25, 0.3) is 0 Å². The van der Waals surface area contributed by atoms with Gasteiger partial charge < -0.3 is 15.2 Å². The molecule has 1 aromatic rings. The molecule has 1 aromatic carbocycles. The molecule has 0 aliphatic rings. The van der Waals surface area contributed by atoms with E-state index in [0.29, 0.717) is 0 Å². The molecule has 0 aliphatic carbocycles. The van der Waals surface area contributed by atoms with Crippen molar-refractivity contribution in [3.05, 3.63) is 35.4 Å². The zero-order valence-corrected chi connectivity index (χ0v) is 18.1. The molecule has 0 radical (unpaired) electrons. The van der Waals surface area contributed by atoms with Gasteiger partial charge in [0.1, 0.15) is 12.6 Å². The summed E-state index contributed by atoms with van der Waals surface area (Å²) in [5.41, 5.74) is -0.196. The van der Waals surface area contributed by atoms with Crippen LogP contribution in [-0.4, -0.2) is 59.0 Å². The van der Waals surface area contributed by atoms with E-state index in [1.807, 2.05) is 5.32 Å². The van der Waals surface area contributed by atoms with Gasteiger partial charge in [0.2, 0.25) is 0 Å². The average molecular weight is 569 g/mol. The summed E-state index contributed by atoms with van der Waals surface area (Å²) < 4.78 is 175. The molecule has 0 bridgehead atoms. The van der Waals surface area contributed by atoms with Crippen molar-refractivity contribution in [3.63, 3.8) is 0 Å². The molecule has 0 saturated heterocycles. The number of ether oxygens (including phenoxy) is 1. The molecule has 2 N–H and O–H groups in total. The fourth-order valence-electron chi connectivity index (χ4n) is 2.49. The first kappa shape index (κ1) is 32.1. The van der Waals surface area contributed by atoms with E-state index in [0.717, 1.165) is 31.2 Å². The predicted molar refractivity (Wildman–Crippen MR) is 96.0 cm³/mol. The van der Waals surface area contributed by atoms with E-state index < -0.39 is 73.3 Å². The summed E-state index contributed by atoms with van der Waals surface area (Å²) in [5.74, 6) is -38.5. The summed E-state index contributed by atoms with van der Waals surface area (Å²) in [7, 11) is 0. The third kappa shape index (κ3) is 6.31. The first-order valence-corrected chi connectivity index (χ1v) is 9.62. The number of carbonyl (C=O) groups excluding carboxylic acids is 1. The zero-order chi connectivity index (χ0) is 29.3. The minimum Gasteiger partial charge on any atom is -0.480 e. The van der Waals surface area contributed by atoms with Crippen LogP contribution in [0, 0.1) is 0 Å². The molecular weight excluding hydrogens is 553 g/mol. The van der Waals surface area contributed by atoms with Crippen LogP contribution in [0.3, 0.4) is 0 Å². The number of nitrogens with one attached hydrogen (secondary N) is 1. The number of rotatable bonds is 11. The van der Waals surface area contributed by atoms with Gasteiger partial charge in [-0.05, 0) is 24.5 Å². The van der Waals surface area contributed by atoms with E-state index >= 15 is 0 Å². The molecule has 0 spiro atoms. The molecule has 0 saturated carbocycles. The Labute approximate surface area is 198 Å². The highest BCUT2D eigenvalue weighted by Gasteiger charge is 2.90. The van der Waals surface area contributed by atoms with E-state index in [-0.39, 0.29) is 11.1 Å². The van der Waals surface area contributed by atoms with Crippen molar-refractivity contribution >= 4 is 12.1 Å². The third-order valence-corrected chi connectivity index (χ3v) is 4.82. The Kier molecular flexibility index (Phi) is 9.04. The van der Waals surface area contributed by atoms with Crippen molar-refractivity contribution in [3.8, 4) is 0 Å². The highest BCUT2D eigenvalue weighted by Crippen LogP contribution is 2.60. The molecule has 37 heavy (non-hydrogen) atoms. The molecular formula is C19H16F13NO4. The van der Waals surface area contributed by atoms with Gasteiger partial charge >= 0.3 is 47.9 Å². The summed E-state index contributed by atoms with van der Waals surface area (Å²) >= 11 is 0. The zero-order valence-electron chi connectivity index (χ0n) is 18.1. The molecule has 1 amide bonds. The monoisotopic (exact) mass is 569 g/mol. The summed E-state index contributed by atoms with van der Waals surface area (Å²) in [4.78, 5) is 22.0.